The molecule has 0 aliphatic carbocycles. The zero-order valence-electron chi connectivity index (χ0n) is 12.0. The van der Waals surface area contributed by atoms with Crippen LogP contribution in [0.5, 0.6) is 5.75 Å². The minimum atomic E-state index is 0.524. The van der Waals surface area contributed by atoms with Gasteiger partial charge in [-0.25, -0.2) is 0 Å². The van der Waals surface area contributed by atoms with Gasteiger partial charge in [-0.2, -0.15) is 0 Å². The molecule has 0 saturated carbocycles. The fraction of sp³-hybridized carbons (Fsp3) is 0.167. The molecule has 102 valence electrons. The number of rotatable bonds is 5. The highest BCUT2D eigenvalue weighted by Gasteiger charge is 1.96. The summed E-state index contributed by atoms with van der Waals surface area (Å²) in [4.78, 5) is 4.53. The molecule has 2 aromatic rings. The van der Waals surface area contributed by atoms with E-state index in [0.717, 1.165) is 17.0 Å². The summed E-state index contributed by atoms with van der Waals surface area (Å²) in [6, 6.07) is 14.1. The van der Waals surface area contributed by atoms with E-state index in [2.05, 4.69) is 37.6 Å². The zero-order valence-corrected chi connectivity index (χ0v) is 12.0. The van der Waals surface area contributed by atoms with E-state index in [1.807, 2.05) is 36.5 Å². The van der Waals surface area contributed by atoms with Crippen molar-refractivity contribution in [3.63, 3.8) is 0 Å². The second-order valence-corrected chi connectivity index (χ2v) is 4.72. The lowest BCUT2D eigenvalue weighted by Gasteiger charge is -2.03. The topological polar surface area (TPSA) is 21.6 Å². The fourth-order valence-electron chi connectivity index (χ4n) is 1.90. The monoisotopic (exact) mass is 265 g/mol. The van der Waals surface area contributed by atoms with E-state index >= 15 is 0 Å². The minimum Gasteiger partial charge on any atom is -0.490 e. The molecule has 0 aliphatic rings. The van der Waals surface area contributed by atoms with Crippen molar-refractivity contribution in [2.75, 3.05) is 6.61 Å². The molecule has 2 rings (SSSR count). The molecule has 2 heteroatoms. The summed E-state index contributed by atoms with van der Waals surface area (Å²) in [6.45, 7) is 8.31. The van der Waals surface area contributed by atoms with E-state index < -0.39 is 0 Å². The van der Waals surface area contributed by atoms with Crippen molar-refractivity contribution in [3.05, 3.63) is 71.8 Å². The lowest BCUT2D eigenvalue weighted by molar-refractivity contribution is 0.363. The van der Waals surface area contributed by atoms with Crippen LogP contribution in [0.15, 0.2) is 60.1 Å². The van der Waals surface area contributed by atoms with Crippen LogP contribution in [-0.2, 0) is 0 Å². The maximum Gasteiger partial charge on any atom is 0.119 e. The van der Waals surface area contributed by atoms with Crippen LogP contribution in [0.25, 0.3) is 0 Å². The van der Waals surface area contributed by atoms with Crippen LogP contribution in [0.4, 0.5) is 5.69 Å². The molecule has 0 spiro atoms. The molecular formula is C18H19NO. The third-order valence-corrected chi connectivity index (χ3v) is 2.95. The summed E-state index contributed by atoms with van der Waals surface area (Å²) in [5.41, 5.74) is 4.50. The second kappa shape index (κ2) is 6.71. The molecule has 0 amide bonds. The molecule has 20 heavy (non-hydrogen) atoms. The summed E-state index contributed by atoms with van der Waals surface area (Å²) in [5, 5.41) is 0. The van der Waals surface area contributed by atoms with Crippen LogP contribution >= 0.6 is 0 Å². The SMILES string of the molecule is C=CCOc1ccc(C=Nc2ccc(C)cc2C)cc1. The van der Waals surface area contributed by atoms with E-state index in [0.29, 0.717) is 6.61 Å². The van der Waals surface area contributed by atoms with Crippen LogP contribution in [0.2, 0.25) is 0 Å². The molecule has 0 saturated heterocycles. The number of hydrogen-bond donors (Lipinski definition) is 0. The van der Waals surface area contributed by atoms with Crippen molar-refractivity contribution in [3.8, 4) is 5.75 Å². The maximum absolute atomic E-state index is 5.44. The van der Waals surface area contributed by atoms with Crippen LogP contribution < -0.4 is 4.74 Å². The fourth-order valence-corrected chi connectivity index (χ4v) is 1.90. The van der Waals surface area contributed by atoms with Crippen LogP contribution in [0.1, 0.15) is 16.7 Å². The quantitative estimate of drug-likeness (QED) is 0.571. The van der Waals surface area contributed by atoms with Gasteiger partial charge in [-0.05, 0) is 55.3 Å². The third kappa shape index (κ3) is 3.82. The van der Waals surface area contributed by atoms with Crippen molar-refractivity contribution in [2.45, 2.75) is 13.8 Å². The average molecular weight is 265 g/mol. The largest absolute Gasteiger partial charge is 0.490 e. The second-order valence-electron chi connectivity index (χ2n) is 4.72. The highest BCUT2D eigenvalue weighted by atomic mass is 16.5. The van der Waals surface area contributed by atoms with Crippen molar-refractivity contribution in [1.29, 1.82) is 0 Å². The van der Waals surface area contributed by atoms with E-state index in [1.165, 1.54) is 11.1 Å². The smallest absolute Gasteiger partial charge is 0.119 e. The highest BCUT2D eigenvalue weighted by molar-refractivity contribution is 5.82. The standard InChI is InChI=1S/C18H19NO/c1-4-11-20-17-8-6-16(7-9-17)13-19-18-10-5-14(2)12-15(18)3/h4-10,12-13H,1,11H2,2-3H3. The Morgan fingerprint density at radius 1 is 1.10 bits per heavy atom. The van der Waals surface area contributed by atoms with Crippen molar-refractivity contribution in [1.82, 2.24) is 0 Å². The van der Waals surface area contributed by atoms with Gasteiger partial charge < -0.3 is 4.74 Å². The highest BCUT2D eigenvalue weighted by Crippen LogP contribution is 2.19. The van der Waals surface area contributed by atoms with E-state index in [4.69, 9.17) is 4.74 Å². The molecule has 0 radical (unpaired) electrons. The molecule has 2 aromatic carbocycles. The number of aryl methyl sites for hydroxylation is 2. The minimum absolute atomic E-state index is 0.524. The molecule has 2 nitrogen and oxygen atoms in total. The number of hydrogen-bond acceptors (Lipinski definition) is 2. The Labute approximate surface area is 120 Å². The lowest BCUT2D eigenvalue weighted by Crippen LogP contribution is -1.92. The van der Waals surface area contributed by atoms with Gasteiger partial charge in [0, 0.05) is 6.21 Å². The van der Waals surface area contributed by atoms with Crippen LogP contribution in [0, 0.1) is 13.8 Å². The summed E-state index contributed by atoms with van der Waals surface area (Å²) in [5.74, 6) is 0.841. The third-order valence-electron chi connectivity index (χ3n) is 2.95. The first kappa shape index (κ1) is 14.1. The number of benzene rings is 2. The van der Waals surface area contributed by atoms with Gasteiger partial charge in [-0.1, -0.05) is 30.4 Å². The molecular weight excluding hydrogens is 246 g/mol. The Hall–Kier alpha value is -2.35. The molecule has 0 unspecified atom stereocenters. The maximum atomic E-state index is 5.44. The normalized spacial score (nSPS) is 10.7. The summed E-state index contributed by atoms with van der Waals surface area (Å²) < 4.78 is 5.44. The molecule has 0 atom stereocenters. The number of nitrogens with zero attached hydrogens (tertiary/aromatic N) is 1. The van der Waals surface area contributed by atoms with Crippen molar-refractivity contribution in [2.24, 2.45) is 4.99 Å². The van der Waals surface area contributed by atoms with Gasteiger partial charge in [0.05, 0.1) is 5.69 Å². The van der Waals surface area contributed by atoms with E-state index in [9.17, 15) is 0 Å². The Balaban J connectivity index is 2.09. The molecule has 0 aliphatic heterocycles. The van der Waals surface area contributed by atoms with Gasteiger partial charge in [0.2, 0.25) is 0 Å². The van der Waals surface area contributed by atoms with Crippen LogP contribution in [-0.4, -0.2) is 12.8 Å². The predicted molar refractivity (Wildman–Crippen MR) is 85.3 cm³/mol. The molecule has 0 bridgehead atoms. The van der Waals surface area contributed by atoms with Gasteiger partial charge >= 0.3 is 0 Å². The van der Waals surface area contributed by atoms with Gasteiger partial charge in [0.1, 0.15) is 12.4 Å². The first-order chi connectivity index (χ1) is 9.69. The van der Waals surface area contributed by atoms with E-state index in [1.54, 1.807) is 6.08 Å². The number of aliphatic imine (C=N–C) groups is 1. The average Bonchev–Trinajstić information content (AvgIpc) is 2.45. The van der Waals surface area contributed by atoms with Crippen molar-refractivity contribution >= 4 is 11.9 Å². The van der Waals surface area contributed by atoms with Gasteiger partial charge in [0.15, 0.2) is 0 Å². The van der Waals surface area contributed by atoms with Crippen molar-refractivity contribution < 1.29 is 4.74 Å². The van der Waals surface area contributed by atoms with Gasteiger partial charge in [-0.15, -0.1) is 0 Å². The lowest BCUT2D eigenvalue weighted by atomic mass is 10.1. The molecule has 0 N–H and O–H groups in total. The summed E-state index contributed by atoms with van der Waals surface area (Å²) in [6.07, 6.45) is 3.60. The first-order valence-corrected chi connectivity index (χ1v) is 6.64. The number of ether oxygens (including phenoxy) is 1. The Morgan fingerprint density at radius 3 is 2.50 bits per heavy atom. The Kier molecular flexibility index (Phi) is 4.72. The van der Waals surface area contributed by atoms with Gasteiger partial charge in [0.25, 0.3) is 0 Å². The Bertz CT molecular complexity index is 612. The molecule has 0 fully saturated rings. The predicted octanol–water partition coefficient (Wildman–Crippen LogP) is 4.62. The van der Waals surface area contributed by atoms with Gasteiger partial charge in [-0.3, -0.25) is 4.99 Å². The summed E-state index contributed by atoms with van der Waals surface area (Å²) in [7, 11) is 0. The first-order valence-electron chi connectivity index (χ1n) is 6.64. The summed E-state index contributed by atoms with van der Waals surface area (Å²) >= 11 is 0. The zero-order chi connectivity index (χ0) is 14.4. The molecule has 0 aromatic heterocycles. The van der Waals surface area contributed by atoms with E-state index in [-0.39, 0.29) is 0 Å². The molecule has 0 heterocycles. The Morgan fingerprint density at radius 2 is 1.85 bits per heavy atom. The van der Waals surface area contributed by atoms with Crippen LogP contribution in [0.3, 0.4) is 0 Å².